The molecule has 0 aromatic rings. The first-order chi connectivity index (χ1) is 10.3. The molecule has 0 saturated heterocycles. The maximum absolute atomic E-state index is 10.7. The largest absolute Gasteiger partial charge is 0.396 e. The number of fused-ring (bicyclic) bond motifs is 5. The molecule has 8 atom stereocenters. The molecule has 0 aromatic heterocycles. The lowest BCUT2D eigenvalue weighted by Gasteiger charge is -2.58. The molecule has 0 aromatic carbocycles. The Morgan fingerprint density at radius 1 is 1.00 bits per heavy atom. The fourth-order valence-corrected chi connectivity index (χ4v) is 7.39. The third kappa shape index (κ3) is 1.75. The van der Waals surface area contributed by atoms with E-state index in [4.69, 9.17) is 0 Å². The van der Waals surface area contributed by atoms with Crippen LogP contribution in [0.1, 0.15) is 66.2 Å². The quantitative estimate of drug-likeness (QED) is 0.813. The van der Waals surface area contributed by atoms with Crippen LogP contribution in [0.4, 0.5) is 0 Å². The molecule has 4 fully saturated rings. The van der Waals surface area contributed by atoms with Crippen LogP contribution in [-0.2, 0) is 0 Å². The molecule has 2 heteroatoms. The normalized spacial score (nSPS) is 59.9. The lowest BCUT2D eigenvalue weighted by molar-refractivity contribution is -0.131. The van der Waals surface area contributed by atoms with Crippen molar-refractivity contribution in [3.63, 3.8) is 0 Å². The molecule has 22 heavy (non-hydrogen) atoms. The van der Waals surface area contributed by atoms with Gasteiger partial charge < -0.3 is 10.2 Å². The summed E-state index contributed by atoms with van der Waals surface area (Å²) in [5.74, 6) is 3.74. The molecule has 8 unspecified atom stereocenters. The van der Waals surface area contributed by atoms with Crippen LogP contribution in [-0.4, -0.2) is 22.9 Å². The zero-order valence-electron chi connectivity index (χ0n) is 14.8. The van der Waals surface area contributed by atoms with E-state index in [1.807, 2.05) is 0 Å². The Morgan fingerprint density at radius 2 is 1.68 bits per heavy atom. The predicted octanol–water partition coefficient (Wildman–Crippen LogP) is 3.85. The van der Waals surface area contributed by atoms with Crippen molar-refractivity contribution in [1.29, 1.82) is 0 Å². The fraction of sp³-hybridized carbons (Fsp3) is 1.00. The van der Waals surface area contributed by atoms with Gasteiger partial charge in [-0.2, -0.15) is 0 Å². The van der Waals surface area contributed by atoms with Gasteiger partial charge in [0.1, 0.15) is 0 Å². The number of aliphatic hydroxyl groups excluding tert-OH is 2. The minimum atomic E-state index is -0.271. The lowest BCUT2D eigenvalue weighted by Crippen LogP contribution is -2.54. The van der Waals surface area contributed by atoms with Crippen molar-refractivity contribution in [3.05, 3.63) is 0 Å². The second-order valence-corrected chi connectivity index (χ2v) is 10.2. The van der Waals surface area contributed by atoms with Gasteiger partial charge in [-0.05, 0) is 78.9 Å². The van der Waals surface area contributed by atoms with E-state index in [1.165, 1.54) is 25.7 Å². The summed E-state index contributed by atoms with van der Waals surface area (Å²) in [6.45, 7) is 10.0. The third-order valence-electron chi connectivity index (χ3n) is 8.86. The first kappa shape index (κ1) is 15.4. The summed E-state index contributed by atoms with van der Waals surface area (Å²) in [6.07, 6.45) is 7.15. The topological polar surface area (TPSA) is 40.5 Å². The highest BCUT2D eigenvalue weighted by molar-refractivity contribution is 5.21. The van der Waals surface area contributed by atoms with E-state index < -0.39 is 0 Å². The number of aliphatic hydroxyl groups is 2. The van der Waals surface area contributed by atoms with Crippen LogP contribution in [0.2, 0.25) is 0 Å². The fourth-order valence-electron chi connectivity index (χ4n) is 7.39. The third-order valence-corrected chi connectivity index (χ3v) is 8.86. The Morgan fingerprint density at radius 3 is 2.32 bits per heavy atom. The number of hydrogen-bond acceptors (Lipinski definition) is 2. The van der Waals surface area contributed by atoms with Crippen molar-refractivity contribution in [2.75, 3.05) is 6.61 Å². The van der Waals surface area contributed by atoms with Gasteiger partial charge in [0.2, 0.25) is 0 Å². The van der Waals surface area contributed by atoms with Crippen LogP contribution in [0.25, 0.3) is 0 Å². The van der Waals surface area contributed by atoms with Gasteiger partial charge in [0.15, 0.2) is 0 Å². The van der Waals surface area contributed by atoms with Crippen LogP contribution >= 0.6 is 0 Å². The Balaban J connectivity index is 1.74. The highest BCUT2D eigenvalue weighted by atomic mass is 16.3. The zero-order chi connectivity index (χ0) is 15.9. The molecule has 0 spiro atoms. The molecule has 2 N–H and O–H groups in total. The number of hydrogen-bond donors (Lipinski definition) is 2. The lowest BCUT2D eigenvalue weighted by atomic mass is 9.47. The van der Waals surface area contributed by atoms with E-state index in [0.29, 0.717) is 16.7 Å². The molecule has 0 heterocycles. The van der Waals surface area contributed by atoms with Gasteiger partial charge in [0.05, 0.1) is 12.7 Å². The Hall–Kier alpha value is -0.0800. The van der Waals surface area contributed by atoms with Crippen molar-refractivity contribution >= 4 is 0 Å². The highest BCUT2D eigenvalue weighted by Crippen LogP contribution is 2.76. The maximum Gasteiger partial charge on any atom is 0.0626 e. The standard InChI is InChI=1S/C20H34O2/c1-12(2)13-5-6-18(3)7-8-19(4)10-15(22)20(11-21)9-14(20)17(19)16(13)18/h12-17,21-22H,5-11H2,1-4H3. The summed E-state index contributed by atoms with van der Waals surface area (Å²) in [5, 5.41) is 20.7. The number of rotatable bonds is 2. The van der Waals surface area contributed by atoms with Crippen LogP contribution in [0.5, 0.6) is 0 Å². The van der Waals surface area contributed by atoms with Crippen molar-refractivity contribution < 1.29 is 10.2 Å². The second kappa shape index (κ2) is 4.51. The van der Waals surface area contributed by atoms with Gasteiger partial charge in [-0.25, -0.2) is 0 Å². The average Bonchev–Trinajstić information content (AvgIpc) is 3.09. The van der Waals surface area contributed by atoms with Crippen LogP contribution in [0.3, 0.4) is 0 Å². The zero-order valence-corrected chi connectivity index (χ0v) is 14.8. The molecule has 0 aliphatic heterocycles. The molecule has 2 nitrogen and oxygen atoms in total. The van der Waals surface area contributed by atoms with Crippen molar-refractivity contribution in [1.82, 2.24) is 0 Å². The van der Waals surface area contributed by atoms with E-state index in [0.717, 1.165) is 36.5 Å². The molecule has 4 rings (SSSR count). The highest BCUT2D eigenvalue weighted by Gasteiger charge is 2.72. The van der Waals surface area contributed by atoms with Gasteiger partial charge in [0.25, 0.3) is 0 Å². The minimum Gasteiger partial charge on any atom is -0.396 e. The van der Waals surface area contributed by atoms with Crippen molar-refractivity contribution in [3.8, 4) is 0 Å². The van der Waals surface area contributed by atoms with E-state index in [-0.39, 0.29) is 18.1 Å². The maximum atomic E-state index is 10.7. The van der Waals surface area contributed by atoms with E-state index in [2.05, 4.69) is 27.7 Å². The summed E-state index contributed by atoms with van der Waals surface area (Å²) >= 11 is 0. The Labute approximate surface area is 135 Å². The van der Waals surface area contributed by atoms with Gasteiger partial charge in [-0.3, -0.25) is 0 Å². The monoisotopic (exact) mass is 306 g/mol. The van der Waals surface area contributed by atoms with Crippen LogP contribution < -0.4 is 0 Å². The van der Waals surface area contributed by atoms with Gasteiger partial charge >= 0.3 is 0 Å². The van der Waals surface area contributed by atoms with E-state index in [1.54, 1.807) is 0 Å². The molecular weight excluding hydrogens is 272 g/mol. The summed E-state index contributed by atoms with van der Waals surface area (Å²) < 4.78 is 0. The molecular formula is C20H34O2. The Kier molecular flexibility index (Phi) is 3.16. The molecule has 0 amide bonds. The average molecular weight is 306 g/mol. The smallest absolute Gasteiger partial charge is 0.0626 e. The van der Waals surface area contributed by atoms with E-state index >= 15 is 0 Å². The summed E-state index contributed by atoms with van der Waals surface area (Å²) in [5.41, 5.74) is 0.693. The first-order valence-electron chi connectivity index (χ1n) is 9.56. The minimum absolute atomic E-state index is 0.132. The van der Waals surface area contributed by atoms with Gasteiger partial charge in [-0.15, -0.1) is 0 Å². The van der Waals surface area contributed by atoms with Crippen molar-refractivity contribution in [2.24, 2.45) is 45.8 Å². The summed E-state index contributed by atoms with van der Waals surface area (Å²) in [4.78, 5) is 0. The summed E-state index contributed by atoms with van der Waals surface area (Å²) in [6, 6.07) is 0. The predicted molar refractivity (Wildman–Crippen MR) is 88.2 cm³/mol. The van der Waals surface area contributed by atoms with Crippen molar-refractivity contribution in [2.45, 2.75) is 72.3 Å². The summed E-state index contributed by atoms with van der Waals surface area (Å²) in [7, 11) is 0. The molecule has 0 bridgehead atoms. The molecule has 126 valence electrons. The van der Waals surface area contributed by atoms with Gasteiger partial charge in [-0.1, -0.05) is 27.7 Å². The van der Waals surface area contributed by atoms with Crippen LogP contribution in [0, 0.1) is 45.8 Å². The Bertz CT molecular complexity index is 474. The SMILES string of the molecule is CC(C)C1CCC2(C)CCC3(C)CC(O)C4(CO)CC4C3C12. The van der Waals surface area contributed by atoms with Crippen LogP contribution in [0.15, 0.2) is 0 Å². The second-order valence-electron chi connectivity index (χ2n) is 10.2. The molecule has 4 aliphatic carbocycles. The molecule has 0 radical (unpaired) electrons. The van der Waals surface area contributed by atoms with E-state index in [9.17, 15) is 10.2 Å². The molecule has 4 aliphatic rings. The molecule has 4 saturated carbocycles. The first-order valence-corrected chi connectivity index (χ1v) is 9.56. The van der Waals surface area contributed by atoms with Gasteiger partial charge in [0, 0.05) is 5.41 Å².